The zero-order valence-corrected chi connectivity index (χ0v) is 21.4. The SMILES string of the molecule is O=C(Oc1cccc(Cc2n[nH]c(=O)c3ccccc23)c1)C1Cc2ccccc2N1C(=O)OCc1ccccc1. The summed E-state index contributed by atoms with van der Waals surface area (Å²) in [7, 11) is 0. The lowest BCUT2D eigenvalue weighted by Gasteiger charge is -2.23. The first kappa shape index (κ1) is 25.1. The van der Waals surface area contributed by atoms with E-state index in [0.29, 0.717) is 35.4 Å². The number of hydrogen-bond acceptors (Lipinski definition) is 6. The van der Waals surface area contributed by atoms with E-state index >= 15 is 0 Å². The number of amides is 1. The van der Waals surface area contributed by atoms with Gasteiger partial charge in [-0.3, -0.25) is 9.69 Å². The molecule has 0 aliphatic carbocycles. The number of benzene rings is 4. The van der Waals surface area contributed by atoms with Gasteiger partial charge < -0.3 is 9.47 Å². The second-order valence-corrected chi connectivity index (χ2v) is 9.55. The average Bonchev–Trinajstić information content (AvgIpc) is 3.38. The number of rotatable bonds is 6. The van der Waals surface area contributed by atoms with Crippen LogP contribution in [-0.4, -0.2) is 28.3 Å². The first-order valence-corrected chi connectivity index (χ1v) is 12.9. The molecule has 1 N–H and O–H groups in total. The molecular formula is C32H25N3O5. The molecule has 198 valence electrons. The maximum Gasteiger partial charge on any atom is 0.415 e. The van der Waals surface area contributed by atoms with Crippen molar-refractivity contribution in [2.24, 2.45) is 0 Å². The van der Waals surface area contributed by atoms with E-state index in [1.807, 2.05) is 72.8 Å². The molecule has 1 unspecified atom stereocenters. The highest BCUT2D eigenvalue weighted by Gasteiger charge is 2.40. The van der Waals surface area contributed by atoms with E-state index in [1.165, 1.54) is 4.90 Å². The molecule has 1 amide bonds. The molecule has 4 aromatic carbocycles. The Labute approximate surface area is 229 Å². The van der Waals surface area contributed by atoms with Gasteiger partial charge in [-0.15, -0.1) is 0 Å². The lowest BCUT2D eigenvalue weighted by atomic mass is 10.0. The van der Waals surface area contributed by atoms with Gasteiger partial charge in [-0.1, -0.05) is 78.9 Å². The standard InChI is InChI=1S/C32H25N3O5/c36-30-26-15-6-5-14-25(26)27(33-34-30)18-22-11-8-13-24(17-22)40-31(37)29-19-23-12-4-7-16-28(23)35(29)32(38)39-20-21-9-2-1-3-10-21/h1-17,29H,18-20H2,(H,34,36). The predicted molar refractivity (Wildman–Crippen MR) is 150 cm³/mol. The number of nitrogens with one attached hydrogen (secondary N) is 1. The molecule has 1 atom stereocenters. The highest BCUT2D eigenvalue weighted by atomic mass is 16.6. The van der Waals surface area contributed by atoms with E-state index in [1.54, 1.807) is 30.3 Å². The minimum absolute atomic E-state index is 0.0929. The molecule has 0 saturated heterocycles. The summed E-state index contributed by atoms with van der Waals surface area (Å²) in [5.41, 5.74) is 3.66. The molecule has 0 spiro atoms. The van der Waals surface area contributed by atoms with Crippen LogP contribution in [-0.2, 0) is 29.0 Å². The van der Waals surface area contributed by atoms with Crippen molar-refractivity contribution in [1.82, 2.24) is 10.2 Å². The summed E-state index contributed by atoms with van der Waals surface area (Å²) in [5.74, 6) is -0.206. The van der Waals surface area contributed by atoms with Crippen molar-refractivity contribution in [1.29, 1.82) is 0 Å². The molecule has 0 saturated carbocycles. The summed E-state index contributed by atoms with van der Waals surface area (Å²) < 4.78 is 11.4. The molecule has 1 aromatic heterocycles. The second-order valence-electron chi connectivity index (χ2n) is 9.55. The van der Waals surface area contributed by atoms with Crippen LogP contribution in [0, 0.1) is 0 Å². The number of para-hydroxylation sites is 1. The number of ether oxygens (including phenoxy) is 2. The topological polar surface area (TPSA) is 102 Å². The van der Waals surface area contributed by atoms with Crippen molar-refractivity contribution in [3.8, 4) is 5.75 Å². The van der Waals surface area contributed by atoms with Gasteiger partial charge in [-0.05, 0) is 41.0 Å². The number of anilines is 1. The highest BCUT2D eigenvalue weighted by molar-refractivity contribution is 5.99. The van der Waals surface area contributed by atoms with Gasteiger partial charge >= 0.3 is 12.1 Å². The van der Waals surface area contributed by atoms with E-state index < -0.39 is 18.1 Å². The van der Waals surface area contributed by atoms with Crippen LogP contribution in [0.1, 0.15) is 22.4 Å². The molecular weight excluding hydrogens is 506 g/mol. The molecule has 40 heavy (non-hydrogen) atoms. The fourth-order valence-corrected chi connectivity index (χ4v) is 4.99. The van der Waals surface area contributed by atoms with Crippen LogP contribution in [0.25, 0.3) is 10.8 Å². The Morgan fingerprint density at radius 2 is 1.57 bits per heavy atom. The zero-order chi connectivity index (χ0) is 27.5. The Balaban J connectivity index is 1.20. The van der Waals surface area contributed by atoms with Crippen LogP contribution in [0.15, 0.2) is 108 Å². The van der Waals surface area contributed by atoms with Gasteiger partial charge in [-0.25, -0.2) is 14.7 Å². The van der Waals surface area contributed by atoms with Crippen molar-refractivity contribution in [3.63, 3.8) is 0 Å². The van der Waals surface area contributed by atoms with Crippen molar-refractivity contribution in [2.75, 3.05) is 4.90 Å². The van der Waals surface area contributed by atoms with Crippen LogP contribution < -0.4 is 15.2 Å². The Hall–Kier alpha value is -5.24. The first-order chi connectivity index (χ1) is 19.6. The third-order valence-corrected chi connectivity index (χ3v) is 6.91. The van der Waals surface area contributed by atoms with Gasteiger partial charge in [-0.2, -0.15) is 5.10 Å². The number of hydrogen-bond donors (Lipinski definition) is 1. The Bertz CT molecular complexity index is 1770. The van der Waals surface area contributed by atoms with Gasteiger partial charge in [0, 0.05) is 18.2 Å². The third-order valence-electron chi connectivity index (χ3n) is 6.91. The van der Waals surface area contributed by atoms with Gasteiger partial charge in [0.1, 0.15) is 18.4 Å². The number of H-pyrrole nitrogens is 1. The minimum Gasteiger partial charge on any atom is -0.444 e. The predicted octanol–water partition coefficient (Wildman–Crippen LogP) is 5.19. The molecule has 5 aromatic rings. The molecule has 0 radical (unpaired) electrons. The smallest absolute Gasteiger partial charge is 0.415 e. The first-order valence-electron chi connectivity index (χ1n) is 12.9. The summed E-state index contributed by atoms with van der Waals surface area (Å²) in [6.45, 7) is 0.0929. The monoisotopic (exact) mass is 531 g/mol. The minimum atomic E-state index is -0.867. The number of fused-ring (bicyclic) bond motifs is 2. The summed E-state index contributed by atoms with van der Waals surface area (Å²) in [6, 6.07) is 30.3. The summed E-state index contributed by atoms with van der Waals surface area (Å²) in [6.07, 6.45) is 0.137. The largest absolute Gasteiger partial charge is 0.444 e. The molecule has 0 fully saturated rings. The maximum absolute atomic E-state index is 13.4. The van der Waals surface area contributed by atoms with Gasteiger partial charge in [0.05, 0.1) is 16.8 Å². The molecule has 0 bridgehead atoms. The third kappa shape index (κ3) is 5.07. The van der Waals surface area contributed by atoms with Crippen molar-refractivity contribution >= 4 is 28.5 Å². The maximum atomic E-state index is 13.4. The summed E-state index contributed by atoms with van der Waals surface area (Å²) in [5, 5.41) is 8.13. The molecule has 8 heteroatoms. The molecule has 1 aliphatic heterocycles. The number of aromatic amines is 1. The molecule has 1 aliphatic rings. The second kappa shape index (κ2) is 10.9. The van der Waals surface area contributed by atoms with E-state index in [4.69, 9.17) is 9.47 Å². The van der Waals surface area contributed by atoms with Gasteiger partial charge in [0.15, 0.2) is 0 Å². The van der Waals surface area contributed by atoms with E-state index in [2.05, 4.69) is 10.2 Å². The number of carbonyl (C=O) groups is 2. The van der Waals surface area contributed by atoms with Crippen molar-refractivity contribution in [2.45, 2.75) is 25.5 Å². The fraction of sp³-hybridized carbons (Fsp3) is 0.125. The number of aromatic nitrogens is 2. The van der Waals surface area contributed by atoms with Crippen molar-refractivity contribution < 1.29 is 19.1 Å². The van der Waals surface area contributed by atoms with Crippen LogP contribution in [0.5, 0.6) is 5.75 Å². The molecule has 6 rings (SSSR count). The number of carbonyl (C=O) groups excluding carboxylic acids is 2. The Morgan fingerprint density at radius 1 is 0.850 bits per heavy atom. The lowest BCUT2D eigenvalue weighted by Crippen LogP contribution is -2.45. The zero-order valence-electron chi connectivity index (χ0n) is 21.4. The van der Waals surface area contributed by atoms with E-state index in [-0.39, 0.29) is 12.2 Å². The quantitative estimate of drug-likeness (QED) is 0.239. The van der Waals surface area contributed by atoms with Crippen molar-refractivity contribution in [3.05, 3.63) is 136 Å². The van der Waals surface area contributed by atoms with Crippen LogP contribution >= 0.6 is 0 Å². The number of nitrogens with zero attached hydrogens (tertiary/aromatic N) is 2. The van der Waals surface area contributed by atoms with Crippen LogP contribution in [0.4, 0.5) is 10.5 Å². The average molecular weight is 532 g/mol. The van der Waals surface area contributed by atoms with E-state index in [0.717, 1.165) is 22.1 Å². The molecule has 8 nitrogen and oxygen atoms in total. The van der Waals surface area contributed by atoms with Crippen LogP contribution in [0.3, 0.4) is 0 Å². The fourth-order valence-electron chi connectivity index (χ4n) is 4.99. The van der Waals surface area contributed by atoms with Gasteiger partial charge in [0.25, 0.3) is 5.56 Å². The Morgan fingerprint density at radius 3 is 2.42 bits per heavy atom. The molecule has 2 heterocycles. The lowest BCUT2D eigenvalue weighted by molar-refractivity contribution is -0.135. The van der Waals surface area contributed by atoms with E-state index in [9.17, 15) is 14.4 Å². The highest BCUT2D eigenvalue weighted by Crippen LogP contribution is 2.34. The normalized spacial score (nSPS) is 14.1. The van der Waals surface area contributed by atoms with Gasteiger partial charge in [0.2, 0.25) is 0 Å². The number of esters is 1. The summed E-state index contributed by atoms with van der Waals surface area (Å²) >= 11 is 0. The summed E-state index contributed by atoms with van der Waals surface area (Å²) in [4.78, 5) is 40.1. The Kier molecular flexibility index (Phi) is 6.80. The van der Waals surface area contributed by atoms with Crippen LogP contribution in [0.2, 0.25) is 0 Å².